The SMILES string of the molecule is [2H]C([2H])([2H])C([2H])([2H])C([2H])([2H])C([2H])([2H])C([2H])([2H])C([2H])([2H])C([2H])([2H])C([2H])([2H])C([2H])([2H])C([2H])([2H])C([2H])([2H])C([2H])([2H])C([2H])([2H])C([2H])([2H])C([2H])([2H])C([2H])([2H])C([2H])([2H])C([2H])([2H])C([2H])([2H])C([2H])([2H])C([2H])([2H])C([2H])([2H])C([2H])([2H])C(=O)O. The summed E-state index contributed by atoms with van der Waals surface area (Å²) >= 11 is 0. The summed E-state index contributed by atoms with van der Waals surface area (Å²) in [4.78, 5) is 11.5. The second-order valence-electron chi connectivity index (χ2n) is 3.06. The van der Waals surface area contributed by atoms with Crippen molar-refractivity contribution in [3.63, 3.8) is 0 Å². The number of aliphatic carboxylic acids is 1. The maximum Gasteiger partial charge on any atom is 0.303 e. The zero-order valence-electron chi connectivity index (χ0n) is 59.9. The second kappa shape index (κ2) is 22.5. The first-order valence-corrected chi connectivity index (χ1v) is 6.18. The van der Waals surface area contributed by atoms with Crippen molar-refractivity contribution in [2.45, 2.75) is 147 Å². The highest BCUT2D eigenvalue weighted by molar-refractivity contribution is 5.66. The minimum absolute atomic E-state index is 2.88. The van der Waals surface area contributed by atoms with Crippen LogP contribution >= 0.6 is 0 Å². The zero-order chi connectivity index (χ0) is 61.1. The van der Waals surface area contributed by atoms with Gasteiger partial charge in [0.05, 0.1) is 0 Å². The summed E-state index contributed by atoms with van der Waals surface area (Å²) in [7, 11) is 0. The Labute approximate surface area is 230 Å². The van der Waals surface area contributed by atoms with Gasteiger partial charge in [-0.15, -0.1) is 0 Å². The van der Waals surface area contributed by atoms with E-state index < -0.39 is 153 Å². The summed E-state index contributed by atoms with van der Waals surface area (Å²) < 4.78 is 380. The molecule has 2 nitrogen and oxygen atoms in total. The molecule has 0 heterocycles. The molecule has 0 radical (unpaired) electrons. The van der Waals surface area contributed by atoms with Gasteiger partial charge in [-0.25, -0.2) is 0 Å². The van der Waals surface area contributed by atoms with E-state index in [0.29, 0.717) is 0 Å². The van der Waals surface area contributed by atoms with Crippen molar-refractivity contribution in [2.75, 3.05) is 0 Å². The standard InChI is InChI=1S/C24H48O2/c1-2-3-4-5-6-7-8-9-10-11-12-13-14-15-16-17-18-19-20-21-22-23-24(25)26/h2-23H2,1H3,(H,25,26)/i1D3,2D2,3D2,4D2,5D2,6D2,7D2,8D2,9D2,10D2,11D2,12D2,13D2,14D2,15D2,16D2,17D2,18D2,19D2,20D2,21D2,22D2,23D2. The van der Waals surface area contributed by atoms with Crippen LogP contribution in [0.25, 0.3) is 0 Å². The van der Waals surface area contributed by atoms with E-state index in [2.05, 4.69) is 0 Å². The molecule has 0 unspecified atom stereocenters. The van der Waals surface area contributed by atoms with Crippen LogP contribution in [0.15, 0.2) is 0 Å². The van der Waals surface area contributed by atoms with E-state index >= 15 is 0 Å². The maximum atomic E-state index is 11.5. The number of hydrogen-bond donors (Lipinski definition) is 1. The van der Waals surface area contributed by atoms with Gasteiger partial charge in [-0.3, -0.25) is 4.79 Å². The normalized spacial score (nSPS) is 50.5. The van der Waals surface area contributed by atoms with E-state index in [9.17, 15) is 4.79 Å². The van der Waals surface area contributed by atoms with Crippen molar-refractivity contribution in [2.24, 2.45) is 0 Å². The van der Waals surface area contributed by atoms with Crippen molar-refractivity contribution in [1.29, 1.82) is 0 Å². The average molecular weight is 416 g/mol. The first kappa shape index (κ1) is 2.99. The monoisotopic (exact) mass is 416 g/mol. The van der Waals surface area contributed by atoms with Crippen molar-refractivity contribution >= 4 is 5.97 Å². The molecule has 0 amide bonds. The Morgan fingerprint density at radius 2 is 0.846 bits per heavy atom. The Morgan fingerprint density at radius 1 is 0.577 bits per heavy atom. The fourth-order valence-electron chi connectivity index (χ4n) is 0.678. The Kier molecular flexibility index (Phi) is 2.59. The summed E-state index contributed by atoms with van der Waals surface area (Å²) in [6.45, 7) is -4.24. The minimum Gasteiger partial charge on any atom is -0.481 e. The molecule has 0 atom stereocenters. The Morgan fingerprint density at radius 3 is 1.12 bits per heavy atom. The molecule has 1 N–H and O–H groups in total. The number of rotatable bonds is 22. The summed E-state index contributed by atoms with van der Waals surface area (Å²) in [5.74, 6) is -2.88. The summed E-state index contributed by atoms with van der Waals surface area (Å²) in [6, 6.07) is 0. The molecule has 0 aromatic rings. The molecule has 0 aliphatic rings. The third-order valence-corrected chi connectivity index (χ3v) is 1.42. The molecule has 0 saturated heterocycles. The van der Waals surface area contributed by atoms with E-state index in [1.54, 1.807) is 0 Å². The highest BCUT2D eigenvalue weighted by Crippen LogP contribution is 2.15. The molecule has 0 aliphatic heterocycles. The molecule has 0 rings (SSSR count). The molecule has 0 saturated carbocycles. The van der Waals surface area contributed by atoms with Crippen LogP contribution in [0, 0.1) is 0 Å². The van der Waals surface area contributed by atoms with Crippen LogP contribution in [-0.2, 0) is 4.79 Å². The van der Waals surface area contributed by atoms with E-state index in [-0.39, 0.29) is 0 Å². The molecule has 0 aliphatic carbocycles. The van der Waals surface area contributed by atoms with Crippen molar-refractivity contribution < 1.29 is 74.3 Å². The van der Waals surface area contributed by atoms with Crippen LogP contribution in [0.2, 0.25) is 0 Å². The fraction of sp³-hybridized carbons (Fsp3) is 0.958. The first-order chi connectivity index (χ1) is 30.4. The van der Waals surface area contributed by atoms with Gasteiger partial charge in [0.2, 0.25) is 0 Å². The van der Waals surface area contributed by atoms with E-state index in [0.717, 1.165) is 0 Å². The molecular formula is C24H48O2. The Hall–Kier alpha value is -0.530. The van der Waals surface area contributed by atoms with Gasteiger partial charge in [-0.1, -0.05) is 134 Å². The van der Waals surface area contributed by atoms with Gasteiger partial charge in [-0.2, -0.15) is 0 Å². The first-order valence-electron chi connectivity index (χ1n) is 29.7. The van der Waals surface area contributed by atoms with Gasteiger partial charge in [0.25, 0.3) is 0 Å². The fourth-order valence-corrected chi connectivity index (χ4v) is 0.678. The highest BCUT2D eigenvalue weighted by Gasteiger charge is 1.97. The van der Waals surface area contributed by atoms with Crippen LogP contribution in [0.4, 0.5) is 0 Å². The Balaban J connectivity index is 8.17. The lowest BCUT2D eigenvalue weighted by atomic mass is 10.0. The average Bonchev–Trinajstić information content (AvgIpc) is 3.15. The van der Waals surface area contributed by atoms with E-state index in [1.807, 2.05) is 0 Å². The highest BCUT2D eigenvalue weighted by atomic mass is 16.4. The molecule has 0 aromatic carbocycles. The van der Waals surface area contributed by atoms with Crippen molar-refractivity contribution in [1.82, 2.24) is 0 Å². The molecule has 156 valence electrons. The smallest absolute Gasteiger partial charge is 0.303 e. The third-order valence-electron chi connectivity index (χ3n) is 1.42. The topological polar surface area (TPSA) is 37.3 Å². The van der Waals surface area contributed by atoms with Gasteiger partial charge in [0.15, 0.2) is 0 Å². The summed E-state index contributed by atoms with van der Waals surface area (Å²) in [5, 5.41) is 9.16. The quantitative estimate of drug-likeness (QED) is 0.192. The van der Waals surface area contributed by atoms with Gasteiger partial charge < -0.3 is 5.11 Å². The second-order valence-corrected chi connectivity index (χ2v) is 3.06. The number of carbonyl (C=O) groups is 1. The molecule has 26 heavy (non-hydrogen) atoms. The molecule has 0 bridgehead atoms. The summed E-state index contributed by atoms with van der Waals surface area (Å²) in [5.41, 5.74) is 0. The zero-order valence-corrected chi connectivity index (χ0v) is 12.9. The predicted molar refractivity (Wildman–Crippen MR) is 115 cm³/mol. The van der Waals surface area contributed by atoms with Crippen LogP contribution < -0.4 is 0 Å². The van der Waals surface area contributed by atoms with Gasteiger partial charge in [-0.05, 0) is 6.37 Å². The number of hydrogen-bond acceptors (Lipinski definition) is 1. The third kappa shape index (κ3) is 23.5. The minimum atomic E-state index is -5.52. The molecular weight excluding hydrogens is 320 g/mol. The van der Waals surface area contributed by atoms with Gasteiger partial charge >= 0.3 is 5.97 Å². The van der Waals surface area contributed by atoms with E-state index in [1.165, 1.54) is 0 Å². The molecule has 2 heteroatoms. The molecule has 0 spiro atoms. The number of carboxylic acid groups (broad SMARTS) is 1. The molecule has 0 aromatic heterocycles. The van der Waals surface area contributed by atoms with E-state index in [4.69, 9.17) is 69.5 Å². The lowest BCUT2D eigenvalue weighted by Crippen LogP contribution is -1.93. The largest absolute Gasteiger partial charge is 0.481 e. The lowest BCUT2D eigenvalue weighted by molar-refractivity contribution is -0.137. The Bertz CT molecular complexity index is 2040. The maximum absolute atomic E-state index is 11.5. The summed E-state index contributed by atoms with van der Waals surface area (Å²) in [6.07, 6.45) is -115. The predicted octanol–water partition coefficient (Wildman–Crippen LogP) is 8.67. The van der Waals surface area contributed by atoms with Crippen LogP contribution in [0.5, 0.6) is 0 Å². The lowest BCUT2D eigenvalue weighted by Gasteiger charge is -2.04. The van der Waals surface area contributed by atoms with Crippen molar-refractivity contribution in [3.8, 4) is 0 Å². The number of carboxylic acids is 1. The van der Waals surface area contributed by atoms with Crippen molar-refractivity contribution in [3.05, 3.63) is 0 Å². The van der Waals surface area contributed by atoms with Crippen LogP contribution in [0.3, 0.4) is 0 Å². The molecule has 0 fully saturated rings. The van der Waals surface area contributed by atoms with Gasteiger partial charge in [0.1, 0.15) is 0 Å². The van der Waals surface area contributed by atoms with Crippen LogP contribution in [0.1, 0.15) is 211 Å². The van der Waals surface area contributed by atoms with Crippen LogP contribution in [-0.4, -0.2) is 11.1 Å². The van der Waals surface area contributed by atoms with Gasteiger partial charge in [0, 0.05) is 70.8 Å².